The van der Waals surface area contributed by atoms with Crippen molar-refractivity contribution in [3.8, 4) is 0 Å². The summed E-state index contributed by atoms with van der Waals surface area (Å²) >= 11 is 5.87. The second-order valence-electron chi connectivity index (χ2n) is 3.61. The Bertz CT molecular complexity index is 288. The number of nitrogens with one attached hydrogen (secondary N) is 1. The van der Waals surface area contributed by atoms with E-state index in [4.69, 9.17) is 11.6 Å². The quantitative estimate of drug-likeness (QED) is 0.805. The number of hydrogen-bond donors (Lipinski definition) is 2. The molecule has 0 radical (unpaired) electrons. The number of hydrogen-bond acceptors (Lipinski definition) is 2. The van der Waals surface area contributed by atoms with Crippen molar-refractivity contribution in [3.63, 3.8) is 0 Å². The lowest BCUT2D eigenvalue weighted by atomic mass is 10.1. The molecule has 1 aromatic carbocycles. The lowest BCUT2D eigenvalue weighted by molar-refractivity contribution is 0.237. The molecule has 0 saturated heterocycles. The molecule has 78 valence electrons. The molecule has 0 aliphatic rings. The zero-order chi connectivity index (χ0) is 10.6. The van der Waals surface area contributed by atoms with E-state index in [0.29, 0.717) is 11.1 Å². The average Bonchev–Trinajstić information content (AvgIpc) is 2.14. The van der Waals surface area contributed by atoms with Gasteiger partial charge in [0.1, 0.15) is 0 Å². The topological polar surface area (TPSA) is 32.3 Å². The van der Waals surface area contributed by atoms with Gasteiger partial charge in [0, 0.05) is 11.1 Å². The van der Waals surface area contributed by atoms with E-state index in [1.807, 2.05) is 38.1 Å². The van der Waals surface area contributed by atoms with E-state index in [1.165, 1.54) is 0 Å². The fourth-order valence-electron chi connectivity index (χ4n) is 1.38. The van der Waals surface area contributed by atoms with Crippen LogP contribution in [0.2, 0.25) is 5.02 Å². The Morgan fingerprint density at radius 2 is 2.14 bits per heavy atom. The van der Waals surface area contributed by atoms with Crippen LogP contribution in [0.25, 0.3) is 0 Å². The second-order valence-corrected chi connectivity index (χ2v) is 4.05. The number of halogens is 1. The summed E-state index contributed by atoms with van der Waals surface area (Å²) in [5.74, 6) is 0. The first kappa shape index (κ1) is 11.5. The first-order valence-corrected chi connectivity index (χ1v) is 5.13. The average molecular weight is 214 g/mol. The molecule has 0 fully saturated rings. The van der Waals surface area contributed by atoms with Crippen LogP contribution in [0.5, 0.6) is 0 Å². The third-order valence-corrected chi connectivity index (χ3v) is 2.20. The molecule has 14 heavy (non-hydrogen) atoms. The summed E-state index contributed by atoms with van der Waals surface area (Å²) in [6.07, 6.45) is 0. The predicted molar refractivity (Wildman–Crippen MR) is 59.6 cm³/mol. The van der Waals surface area contributed by atoms with Crippen molar-refractivity contribution < 1.29 is 5.11 Å². The molecule has 0 unspecified atom stereocenters. The normalized spacial score (nSPS) is 13.2. The number of rotatable bonds is 4. The van der Waals surface area contributed by atoms with Crippen LogP contribution >= 0.6 is 11.6 Å². The number of benzene rings is 1. The van der Waals surface area contributed by atoms with Gasteiger partial charge in [-0.15, -0.1) is 0 Å². The van der Waals surface area contributed by atoms with E-state index in [2.05, 4.69) is 5.32 Å². The molecule has 3 heteroatoms. The molecule has 0 heterocycles. The zero-order valence-corrected chi connectivity index (χ0v) is 9.25. The molecule has 0 aliphatic carbocycles. The summed E-state index contributed by atoms with van der Waals surface area (Å²) in [7, 11) is 0. The Kier molecular flexibility index (Phi) is 4.39. The van der Waals surface area contributed by atoms with Crippen molar-refractivity contribution in [3.05, 3.63) is 34.9 Å². The number of aliphatic hydroxyl groups is 1. The molecule has 0 spiro atoms. The van der Waals surface area contributed by atoms with Crippen LogP contribution in [0.1, 0.15) is 25.5 Å². The largest absolute Gasteiger partial charge is 0.394 e. The van der Waals surface area contributed by atoms with E-state index < -0.39 is 0 Å². The van der Waals surface area contributed by atoms with Crippen LogP contribution in [0.15, 0.2) is 24.3 Å². The fourth-order valence-corrected chi connectivity index (χ4v) is 1.58. The third kappa shape index (κ3) is 3.29. The van der Waals surface area contributed by atoms with Gasteiger partial charge in [-0.05, 0) is 17.7 Å². The maximum absolute atomic E-state index is 9.21. The van der Waals surface area contributed by atoms with Crippen molar-refractivity contribution in [2.75, 3.05) is 6.61 Å². The predicted octanol–water partition coefficient (Wildman–Crippen LogP) is 2.37. The summed E-state index contributed by atoms with van der Waals surface area (Å²) in [4.78, 5) is 0. The molecule has 1 aromatic rings. The molecule has 2 N–H and O–H groups in total. The first-order chi connectivity index (χ1) is 6.63. The minimum atomic E-state index is -0.0336. The molecule has 0 amide bonds. The van der Waals surface area contributed by atoms with Crippen LogP contribution in [0, 0.1) is 0 Å². The summed E-state index contributed by atoms with van der Waals surface area (Å²) in [5, 5.41) is 13.2. The highest BCUT2D eigenvalue weighted by Crippen LogP contribution is 2.17. The van der Waals surface area contributed by atoms with Crippen LogP contribution in [-0.2, 0) is 0 Å². The van der Waals surface area contributed by atoms with Gasteiger partial charge in [-0.3, -0.25) is 0 Å². The Hall–Kier alpha value is -0.570. The van der Waals surface area contributed by atoms with Crippen molar-refractivity contribution in [1.82, 2.24) is 5.32 Å². The molecular weight excluding hydrogens is 198 g/mol. The molecule has 0 saturated carbocycles. The van der Waals surface area contributed by atoms with E-state index in [9.17, 15) is 5.11 Å². The van der Waals surface area contributed by atoms with Gasteiger partial charge in [0.25, 0.3) is 0 Å². The Morgan fingerprint density at radius 1 is 1.43 bits per heavy atom. The monoisotopic (exact) mass is 213 g/mol. The van der Waals surface area contributed by atoms with Gasteiger partial charge in [-0.2, -0.15) is 0 Å². The van der Waals surface area contributed by atoms with Gasteiger partial charge in [0.15, 0.2) is 0 Å². The SMILES string of the molecule is CC(C)N[C@H](CO)c1cccc(Cl)c1. The van der Waals surface area contributed by atoms with Gasteiger partial charge in [-0.1, -0.05) is 37.6 Å². The third-order valence-electron chi connectivity index (χ3n) is 1.97. The van der Waals surface area contributed by atoms with Gasteiger partial charge in [0.2, 0.25) is 0 Å². The lowest BCUT2D eigenvalue weighted by Crippen LogP contribution is -2.30. The van der Waals surface area contributed by atoms with Crippen LogP contribution in [0.3, 0.4) is 0 Å². The summed E-state index contributed by atoms with van der Waals surface area (Å²) in [6, 6.07) is 7.86. The summed E-state index contributed by atoms with van der Waals surface area (Å²) in [5.41, 5.74) is 1.02. The number of aliphatic hydroxyl groups excluding tert-OH is 1. The lowest BCUT2D eigenvalue weighted by Gasteiger charge is -2.19. The highest BCUT2D eigenvalue weighted by Gasteiger charge is 2.10. The molecule has 0 bridgehead atoms. The Labute approximate surface area is 89.9 Å². The van der Waals surface area contributed by atoms with Crippen molar-refractivity contribution in [1.29, 1.82) is 0 Å². The molecule has 2 nitrogen and oxygen atoms in total. The highest BCUT2D eigenvalue weighted by atomic mass is 35.5. The van der Waals surface area contributed by atoms with E-state index in [1.54, 1.807) is 0 Å². The molecule has 1 atom stereocenters. The van der Waals surface area contributed by atoms with Crippen LogP contribution in [0.4, 0.5) is 0 Å². The van der Waals surface area contributed by atoms with Gasteiger partial charge >= 0.3 is 0 Å². The standard InChI is InChI=1S/C11H16ClNO/c1-8(2)13-11(7-14)9-4-3-5-10(12)6-9/h3-6,8,11,13-14H,7H2,1-2H3/t11-/m1/s1. The Morgan fingerprint density at radius 3 is 2.64 bits per heavy atom. The summed E-state index contributed by atoms with van der Waals surface area (Å²) in [6.45, 7) is 4.18. The molecule has 1 rings (SSSR count). The highest BCUT2D eigenvalue weighted by molar-refractivity contribution is 6.30. The van der Waals surface area contributed by atoms with Crippen LogP contribution in [-0.4, -0.2) is 17.8 Å². The van der Waals surface area contributed by atoms with Crippen molar-refractivity contribution in [2.45, 2.75) is 25.9 Å². The van der Waals surface area contributed by atoms with E-state index in [0.717, 1.165) is 5.56 Å². The minimum Gasteiger partial charge on any atom is -0.394 e. The second kappa shape index (κ2) is 5.35. The maximum atomic E-state index is 9.21. The molecule has 0 aliphatic heterocycles. The van der Waals surface area contributed by atoms with Crippen molar-refractivity contribution in [2.24, 2.45) is 0 Å². The zero-order valence-electron chi connectivity index (χ0n) is 8.50. The minimum absolute atomic E-state index is 0.0336. The Balaban J connectivity index is 2.78. The van der Waals surface area contributed by atoms with Gasteiger partial charge in [-0.25, -0.2) is 0 Å². The summed E-state index contributed by atoms with van der Waals surface area (Å²) < 4.78 is 0. The van der Waals surface area contributed by atoms with E-state index in [-0.39, 0.29) is 12.6 Å². The molecular formula is C11H16ClNO. The van der Waals surface area contributed by atoms with E-state index >= 15 is 0 Å². The smallest absolute Gasteiger partial charge is 0.0626 e. The first-order valence-electron chi connectivity index (χ1n) is 4.76. The van der Waals surface area contributed by atoms with Gasteiger partial charge < -0.3 is 10.4 Å². The molecule has 0 aromatic heterocycles. The van der Waals surface area contributed by atoms with Crippen LogP contribution < -0.4 is 5.32 Å². The fraction of sp³-hybridized carbons (Fsp3) is 0.455. The van der Waals surface area contributed by atoms with Crippen molar-refractivity contribution >= 4 is 11.6 Å². The van der Waals surface area contributed by atoms with Gasteiger partial charge in [0.05, 0.1) is 12.6 Å². The maximum Gasteiger partial charge on any atom is 0.0626 e.